The summed E-state index contributed by atoms with van der Waals surface area (Å²) in [6.45, 7) is 0.359. The van der Waals surface area contributed by atoms with Crippen molar-refractivity contribution in [2.45, 2.75) is 11.4 Å². The maximum atomic E-state index is 11.8. The van der Waals surface area contributed by atoms with E-state index in [-0.39, 0.29) is 11.6 Å². The van der Waals surface area contributed by atoms with Gasteiger partial charge in [-0.3, -0.25) is 14.9 Å². The fourth-order valence-electron chi connectivity index (χ4n) is 1.67. The van der Waals surface area contributed by atoms with Gasteiger partial charge in [0.25, 0.3) is 5.69 Å². The molecule has 1 N–H and O–H groups in total. The van der Waals surface area contributed by atoms with Gasteiger partial charge in [0.1, 0.15) is 0 Å². The Balaban J connectivity index is 1.77. The molecule has 0 radical (unpaired) electrons. The minimum atomic E-state index is -0.447. The smallest absolute Gasteiger partial charge is 0.269 e. The number of halogens is 1. The van der Waals surface area contributed by atoms with Gasteiger partial charge in [-0.25, -0.2) is 0 Å². The molecule has 0 aliphatic carbocycles. The van der Waals surface area contributed by atoms with Gasteiger partial charge in [0.2, 0.25) is 5.91 Å². The molecular weight excluding hydrogens is 368 g/mol. The molecule has 2 rings (SSSR count). The fraction of sp³-hybridized carbons (Fsp3) is 0.133. The molecular formula is C15H13BrN2O3S. The minimum Gasteiger partial charge on any atom is -0.351 e. The summed E-state index contributed by atoms with van der Waals surface area (Å²) in [5.74, 6) is 0.250. The van der Waals surface area contributed by atoms with Crippen LogP contribution in [0, 0.1) is 10.1 Å². The van der Waals surface area contributed by atoms with E-state index in [0.29, 0.717) is 12.3 Å². The van der Waals surface area contributed by atoms with Gasteiger partial charge in [-0.1, -0.05) is 28.1 Å². The number of nitro groups is 1. The Bertz CT molecular complexity index is 659. The molecule has 0 saturated carbocycles. The highest BCUT2D eigenvalue weighted by molar-refractivity contribution is 9.10. The van der Waals surface area contributed by atoms with Gasteiger partial charge < -0.3 is 5.32 Å². The molecule has 0 spiro atoms. The number of rotatable bonds is 6. The number of benzene rings is 2. The molecule has 2 aromatic carbocycles. The van der Waals surface area contributed by atoms with E-state index in [0.717, 1.165) is 14.9 Å². The number of nitro benzene ring substituents is 1. The topological polar surface area (TPSA) is 72.2 Å². The number of hydrogen-bond donors (Lipinski definition) is 1. The van der Waals surface area contributed by atoms with E-state index < -0.39 is 4.92 Å². The van der Waals surface area contributed by atoms with Crippen molar-refractivity contribution in [3.05, 3.63) is 68.7 Å². The highest BCUT2D eigenvalue weighted by Gasteiger charge is 2.06. The molecule has 0 unspecified atom stereocenters. The van der Waals surface area contributed by atoms with Crippen molar-refractivity contribution in [1.82, 2.24) is 5.32 Å². The van der Waals surface area contributed by atoms with Crippen LogP contribution in [0.5, 0.6) is 0 Å². The van der Waals surface area contributed by atoms with Gasteiger partial charge >= 0.3 is 0 Å². The zero-order valence-corrected chi connectivity index (χ0v) is 13.9. The Hall–Kier alpha value is -1.86. The van der Waals surface area contributed by atoms with E-state index >= 15 is 0 Å². The Morgan fingerprint density at radius 3 is 2.36 bits per heavy atom. The molecule has 1 amide bonds. The van der Waals surface area contributed by atoms with Crippen LogP contribution < -0.4 is 5.32 Å². The first-order valence-corrected chi connectivity index (χ1v) is 8.21. The van der Waals surface area contributed by atoms with Crippen LogP contribution in [-0.2, 0) is 11.3 Å². The molecule has 0 heterocycles. The van der Waals surface area contributed by atoms with Crippen molar-refractivity contribution >= 4 is 39.3 Å². The number of carbonyl (C=O) groups excluding carboxylic acids is 1. The molecule has 0 saturated heterocycles. The minimum absolute atomic E-state index is 0.0425. The molecule has 7 heteroatoms. The first-order valence-electron chi connectivity index (χ1n) is 6.43. The Labute approximate surface area is 140 Å². The number of amides is 1. The third kappa shape index (κ3) is 5.16. The van der Waals surface area contributed by atoms with Gasteiger partial charge in [-0.05, 0) is 29.8 Å². The molecule has 22 heavy (non-hydrogen) atoms. The highest BCUT2D eigenvalue weighted by atomic mass is 79.9. The lowest BCUT2D eigenvalue weighted by molar-refractivity contribution is -0.384. The molecule has 0 atom stereocenters. The number of hydrogen-bond acceptors (Lipinski definition) is 4. The van der Waals surface area contributed by atoms with Crippen molar-refractivity contribution in [2.75, 3.05) is 5.75 Å². The second-order valence-electron chi connectivity index (χ2n) is 4.44. The summed E-state index contributed by atoms with van der Waals surface area (Å²) >= 11 is 4.82. The zero-order chi connectivity index (χ0) is 15.9. The largest absolute Gasteiger partial charge is 0.351 e. The zero-order valence-electron chi connectivity index (χ0n) is 11.5. The Kier molecular flexibility index (Phi) is 5.97. The first-order chi connectivity index (χ1) is 10.5. The molecule has 0 fully saturated rings. The Morgan fingerprint density at radius 2 is 1.77 bits per heavy atom. The average Bonchev–Trinajstić information content (AvgIpc) is 2.52. The maximum Gasteiger partial charge on any atom is 0.269 e. The van der Waals surface area contributed by atoms with Crippen LogP contribution in [0.1, 0.15) is 5.56 Å². The van der Waals surface area contributed by atoms with Crippen LogP contribution in [0.15, 0.2) is 57.9 Å². The summed E-state index contributed by atoms with van der Waals surface area (Å²) in [7, 11) is 0. The van der Waals surface area contributed by atoms with Gasteiger partial charge in [0.15, 0.2) is 0 Å². The highest BCUT2D eigenvalue weighted by Crippen LogP contribution is 2.20. The summed E-state index contributed by atoms with van der Waals surface area (Å²) in [5.41, 5.74) is 0.869. The predicted octanol–water partition coefficient (Wildman–Crippen LogP) is 3.77. The van der Waals surface area contributed by atoms with Crippen molar-refractivity contribution in [1.29, 1.82) is 0 Å². The van der Waals surface area contributed by atoms with Crippen LogP contribution in [0.4, 0.5) is 5.69 Å². The number of non-ortho nitro benzene ring substituents is 1. The third-order valence-electron chi connectivity index (χ3n) is 2.82. The van der Waals surface area contributed by atoms with Crippen LogP contribution in [0.2, 0.25) is 0 Å². The Morgan fingerprint density at radius 1 is 1.14 bits per heavy atom. The van der Waals surface area contributed by atoms with Gasteiger partial charge in [-0.15, -0.1) is 11.8 Å². The quantitative estimate of drug-likeness (QED) is 0.470. The summed E-state index contributed by atoms with van der Waals surface area (Å²) in [6, 6.07) is 13.9. The monoisotopic (exact) mass is 380 g/mol. The molecule has 0 aliphatic heterocycles. The average molecular weight is 381 g/mol. The lowest BCUT2D eigenvalue weighted by Gasteiger charge is -2.05. The normalized spacial score (nSPS) is 10.2. The standard InChI is InChI=1S/C15H13BrN2O3S/c16-12-3-7-14(8-4-12)22-10-15(19)17-9-11-1-5-13(6-2-11)18(20)21/h1-8H,9-10H2,(H,17,19). The lowest BCUT2D eigenvalue weighted by Crippen LogP contribution is -2.24. The first kappa shape index (κ1) is 16.5. The maximum absolute atomic E-state index is 11.8. The second-order valence-corrected chi connectivity index (χ2v) is 6.41. The van der Waals surface area contributed by atoms with Crippen molar-refractivity contribution < 1.29 is 9.72 Å². The lowest BCUT2D eigenvalue weighted by atomic mass is 10.2. The van der Waals surface area contributed by atoms with Crippen LogP contribution >= 0.6 is 27.7 Å². The third-order valence-corrected chi connectivity index (χ3v) is 4.36. The molecule has 0 aliphatic rings. The van der Waals surface area contributed by atoms with Crippen LogP contribution in [0.3, 0.4) is 0 Å². The molecule has 2 aromatic rings. The van der Waals surface area contributed by atoms with Crippen molar-refractivity contribution in [3.63, 3.8) is 0 Å². The molecule has 5 nitrogen and oxygen atoms in total. The number of nitrogens with zero attached hydrogens (tertiary/aromatic N) is 1. The predicted molar refractivity (Wildman–Crippen MR) is 89.8 cm³/mol. The van der Waals surface area contributed by atoms with E-state index in [2.05, 4.69) is 21.2 Å². The van der Waals surface area contributed by atoms with Crippen LogP contribution in [0.25, 0.3) is 0 Å². The molecule has 114 valence electrons. The van der Waals surface area contributed by atoms with Gasteiger partial charge in [0, 0.05) is 28.0 Å². The van der Waals surface area contributed by atoms with E-state index in [1.807, 2.05) is 24.3 Å². The van der Waals surface area contributed by atoms with Gasteiger partial charge in [-0.2, -0.15) is 0 Å². The van der Waals surface area contributed by atoms with Crippen molar-refractivity contribution in [3.8, 4) is 0 Å². The number of nitrogens with one attached hydrogen (secondary N) is 1. The van der Waals surface area contributed by atoms with Crippen LogP contribution in [-0.4, -0.2) is 16.6 Å². The number of carbonyl (C=O) groups is 1. The van der Waals surface area contributed by atoms with E-state index in [1.54, 1.807) is 12.1 Å². The van der Waals surface area contributed by atoms with Crippen molar-refractivity contribution in [2.24, 2.45) is 0 Å². The summed E-state index contributed by atoms with van der Waals surface area (Å²) < 4.78 is 1.000. The van der Waals surface area contributed by atoms with E-state index in [9.17, 15) is 14.9 Å². The molecule has 0 aromatic heterocycles. The number of thioether (sulfide) groups is 1. The SMILES string of the molecule is O=C(CSc1ccc(Br)cc1)NCc1ccc([N+](=O)[O-])cc1. The van der Waals surface area contributed by atoms with Gasteiger partial charge in [0.05, 0.1) is 10.7 Å². The van der Waals surface area contributed by atoms with E-state index in [1.165, 1.54) is 23.9 Å². The summed E-state index contributed by atoms with van der Waals surface area (Å²) in [6.07, 6.45) is 0. The second kappa shape index (κ2) is 7.95. The summed E-state index contributed by atoms with van der Waals surface area (Å²) in [4.78, 5) is 22.9. The summed E-state index contributed by atoms with van der Waals surface area (Å²) in [5, 5.41) is 13.3. The fourth-order valence-corrected chi connectivity index (χ4v) is 2.66. The van der Waals surface area contributed by atoms with E-state index in [4.69, 9.17) is 0 Å². The molecule has 0 bridgehead atoms.